The molecule has 6 aliphatic rings. The lowest BCUT2D eigenvalue weighted by atomic mass is 9.44. The van der Waals surface area contributed by atoms with Gasteiger partial charge >= 0.3 is 5.97 Å². The van der Waals surface area contributed by atoms with E-state index in [1.165, 1.54) is 5.57 Å². The summed E-state index contributed by atoms with van der Waals surface area (Å²) in [6.07, 6.45) is 9.84. The molecule has 0 amide bonds. The van der Waals surface area contributed by atoms with Gasteiger partial charge in [-0.3, -0.25) is 4.79 Å². The molecule has 0 radical (unpaired) electrons. The summed E-state index contributed by atoms with van der Waals surface area (Å²) >= 11 is 3.90. The molecule has 4 aliphatic carbocycles. The van der Waals surface area contributed by atoms with Gasteiger partial charge in [0, 0.05) is 39.8 Å². The number of esters is 1. The van der Waals surface area contributed by atoms with Crippen molar-refractivity contribution in [2.75, 3.05) is 6.61 Å². The summed E-state index contributed by atoms with van der Waals surface area (Å²) in [5.74, 6) is 1.83. The first kappa shape index (κ1) is 27.1. The molecule has 0 N–H and O–H groups in total. The maximum atomic E-state index is 12.9. The highest BCUT2D eigenvalue weighted by atomic mass is 79.9. The molecule has 5 fully saturated rings. The van der Waals surface area contributed by atoms with Gasteiger partial charge in [0.15, 0.2) is 5.79 Å². The fraction of sp³-hybridized carbons (Fsp3) is 0.900. The van der Waals surface area contributed by atoms with E-state index in [2.05, 4.69) is 59.7 Å². The topological polar surface area (TPSA) is 93.5 Å². The predicted octanol–water partition coefficient (Wildman–Crippen LogP) is 7.34. The number of fused-ring (bicyclic) bond motifs is 7. The summed E-state index contributed by atoms with van der Waals surface area (Å²) in [4.78, 5) is 16.2. The number of halogens is 1. The van der Waals surface area contributed by atoms with Gasteiger partial charge < -0.3 is 14.2 Å². The van der Waals surface area contributed by atoms with Gasteiger partial charge in [-0.2, -0.15) is 0 Å². The van der Waals surface area contributed by atoms with Crippen molar-refractivity contribution in [2.45, 2.75) is 115 Å². The predicted molar refractivity (Wildman–Crippen MR) is 148 cm³/mol. The molecule has 0 bridgehead atoms. The van der Waals surface area contributed by atoms with Crippen molar-refractivity contribution in [3.8, 4) is 0 Å². The Balaban J connectivity index is 1.37. The Hall–Kier alpha value is -1.08. The van der Waals surface area contributed by atoms with Crippen LogP contribution in [0.5, 0.6) is 0 Å². The molecule has 0 aromatic heterocycles. The minimum Gasteiger partial charge on any atom is -0.461 e. The first-order valence-electron chi connectivity index (χ1n) is 15.0. The second kappa shape index (κ2) is 9.49. The minimum atomic E-state index is -0.518. The molecule has 6 rings (SSSR count). The van der Waals surface area contributed by atoms with E-state index >= 15 is 0 Å². The highest BCUT2D eigenvalue weighted by molar-refractivity contribution is 9.09. The average Bonchev–Trinajstić information content (AvgIpc) is 3.33. The molecular weight excluding hydrogens is 546 g/mol. The van der Waals surface area contributed by atoms with Crippen LogP contribution in [0.25, 0.3) is 10.4 Å². The second-order valence-corrected chi connectivity index (χ2v) is 15.0. The van der Waals surface area contributed by atoms with Crippen LogP contribution in [0.2, 0.25) is 0 Å². The second-order valence-electron chi connectivity index (χ2n) is 13.9. The molecule has 3 saturated carbocycles. The van der Waals surface area contributed by atoms with Crippen molar-refractivity contribution in [3.05, 3.63) is 22.1 Å². The number of carbonyl (C=O) groups excluding carboxylic acids is 1. The van der Waals surface area contributed by atoms with Crippen LogP contribution in [0.4, 0.5) is 0 Å². The van der Waals surface area contributed by atoms with Gasteiger partial charge in [0.1, 0.15) is 6.10 Å². The summed E-state index contributed by atoms with van der Waals surface area (Å²) in [5, 5.41) is 4.14. The first-order chi connectivity index (χ1) is 18.1. The van der Waals surface area contributed by atoms with E-state index in [9.17, 15) is 4.79 Å². The van der Waals surface area contributed by atoms with Crippen LogP contribution in [0.15, 0.2) is 16.8 Å². The number of hydrogen-bond acceptors (Lipinski definition) is 5. The van der Waals surface area contributed by atoms with Gasteiger partial charge in [-0.15, -0.1) is 0 Å². The zero-order valence-corrected chi connectivity index (χ0v) is 25.2. The zero-order chi connectivity index (χ0) is 27.0. The first-order valence-corrected chi connectivity index (χ1v) is 15.9. The number of carbonyl (C=O) groups is 1. The lowest BCUT2D eigenvalue weighted by Gasteiger charge is -2.62. The highest BCUT2D eigenvalue weighted by Crippen LogP contribution is 2.70. The summed E-state index contributed by atoms with van der Waals surface area (Å²) < 4.78 is 19.8. The summed E-state index contributed by atoms with van der Waals surface area (Å²) in [6, 6.07) is 0.00546. The lowest BCUT2D eigenvalue weighted by Crippen LogP contribution is -2.59. The molecule has 8 heteroatoms. The van der Waals surface area contributed by atoms with E-state index in [0.717, 1.165) is 51.6 Å². The third-order valence-corrected chi connectivity index (χ3v) is 13.1. The smallest absolute Gasteiger partial charge is 0.305 e. The van der Waals surface area contributed by atoms with Gasteiger partial charge in [-0.1, -0.05) is 67.3 Å². The zero-order valence-electron chi connectivity index (χ0n) is 23.6. The maximum Gasteiger partial charge on any atom is 0.305 e. The third-order valence-electron chi connectivity index (χ3n) is 12.1. The van der Waals surface area contributed by atoms with Crippen LogP contribution < -0.4 is 0 Å². The molecule has 7 nitrogen and oxygen atoms in total. The van der Waals surface area contributed by atoms with Crippen LogP contribution in [-0.2, 0) is 19.0 Å². The van der Waals surface area contributed by atoms with E-state index in [-0.39, 0.29) is 51.7 Å². The van der Waals surface area contributed by atoms with Crippen LogP contribution >= 0.6 is 15.9 Å². The summed E-state index contributed by atoms with van der Waals surface area (Å²) in [5.41, 5.74) is 10.5. The number of nitrogens with zero attached hydrogens (tertiary/aromatic N) is 3. The van der Waals surface area contributed by atoms with Crippen LogP contribution in [-0.4, -0.2) is 41.4 Å². The molecule has 2 aliphatic heterocycles. The van der Waals surface area contributed by atoms with Crippen LogP contribution in [0.1, 0.15) is 86.0 Å². The monoisotopic (exact) mass is 589 g/mol. The SMILES string of the molecule is CCC(=O)O[C@H]1C[C@H]2[C@@H](CC[C@H]3C[C@@H](N=[N+]=[N-])[C@@H](Br)C[C@@]32C)C2=C[C@@H]3O[C@]4(CC[C@H](C)CO4)[C@@H](C)[C@@H]3[C@]21C. The Morgan fingerprint density at radius 2 is 2.05 bits per heavy atom. The standard InChI is InChI=1S/C30H44BrN3O4/c1-6-26(35)37-25-13-20-19(8-7-18-11-23(33-34-32)22(31)14-28(18,20)4)21-12-24-27(29(21,25)5)17(3)30(38-24)10-9-16(2)15-36-30/h12,16-20,22-25,27H,6-11,13-15H2,1-5H3/t16-,17-,18-,19+,20-,22-,23+,24-,25-,27-,28-,29+,30+/m0/s1. The van der Waals surface area contributed by atoms with Crippen molar-refractivity contribution in [3.63, 3.8) is 0 Å². The Morgan fingerprint density at radius 3 is 2.74 bits per heavy atom. The number of rotatable bonds is 3. The molecule has 38 heavy (non-hydrogen) atoms. The largest absolute Gasteiger partial charge is 0.461 e. The fourth-order valence-corrected chi connectivity index (χ4v) is 11.1. The van der Waals surface area contributed by atoms with Gasteiger partial charge in [-0.05, 0) is 73.1 Å². The molecule has 1 spiro atoms. The van der Waals surface area contributed by atoms with Crippen molar-refractivity contribution >= 4 is 21.9 Å². The Kier molecular flexibility index (Phi) is 6.77. The normalized spacial score (nSPS) is 53.2. The van der Waals surface area contributed by atoms with E-state index in [1.807, 2.05) is 6.92 Å². The molecule has 0 aromatic rings. The maximum absolute atomic E-state index is 12.9. The number of alkyl halides is 1. The number of azide groups is 1. The fourth-order valence-electron chi connectivity index (χ4n) is 10.0. The quantitative estimate of drug-likeness (QED) is 0.0859. The average molecular weight is 591 g/mol. The number of hydrogen-bond donors (Lipinski definition) is 0. The van der Waals surface area contributed by atoms with Gasteiger partial charge in [-0.25, -0.2) is 0 Å². The number of ether oxygens (including phenoxy) is 3. The molecule has 210 valence electrons. The van der Waals surface area contributed by atoms with Crippen LogP contribution in [0.3, 0.4) is 0 Å². The van der Waals surface area contributed by atoms with E-state index in [1.54, 1.807) is 0 Å². The van der Waals surface area contributed by atoms with Gasteiger partial charge in [0.2, 0.25) is 0 Å². The van der Waals surface area contributed by atoms with E-state index < -0.39 is 5.79 Å². The molecule has 2 saturated heterocycles. The lowest BCUT2D eigenvalue weighted by molar-refractivity contribution is -0.265. The molecular formula is C30H44BrN3O4. The molecule has 2 heterocycles. The summed E-state index contributed by atoms with van der Waals surface area (Å²) in [7, 11) is 0. The van der Waals surface area contributed by atoms with Gasteiger partial charge in [0.05, 0.1) is 18.8 Å². The van der Waals surface area contributed by atoms with Crippen molar-refractivity contribution in [1.29, 1.82) is 0 Å². The van der Waals surface area contributed by atoms with Crippen molar-refractivity contribution < 1.29 is 19.0 Å². The highest BCUT2D eigenvalue weighted by Gasteiger charge is 2.69. The van der Waals surface area contributed by atoms with E-state index in [0.29, 0.717) is 30.1 Å². The Labute approximate surface area is 235 Å². The molecule has 0 aromatic carbocycles. The Bertz CT molecular complexity index is 1050. The van der Waals surface area contributed by atoms with Crippen molar-refractivity contribution in [2.24, 2.45) is 51.5 Å². The Morgan fingerprint density at radius 1 is 1.26 bits per heavy atom. The van der Waals surface area contributed by atoms with Crippen LogP contribution in [0, 0.1) is 46.3 Å². The third kappa shape index (κ3) is 3.79. The van der Waals surface area contributed by atoms with Gasteiger partial charge in [0.25, 0.3) is 0 Å². The molecule has 0 unspecified atom stereocenters. The summed E-state index contributed by atoms with van der Waals surface area (Å²) in [6.45, 7) is 12.0. The minimum absolute atomic E-state index is 0.00546. The molecule has 13 atom stereocenters. The van der Waals surface area contributed by atoms with E-state index in [4.69, 9.17) is 19.7 Å². The van der Waals surface area contributed by atoms with Crippen molar-refractivity contribution in [1.82, 2.24) is 0 Å².